The van der Waals surface area contributed by atoms with Crippen molar-refractivity contribution in [3.05, 3.63) is 33.5 Å². The highest BCUT2D eigenvalue weighted by Crippen LogP contribution is 2.24. The maximum absolute atomic E-state index is 13.9. The zero-order chi connectivity index (χ0) is 11.5. The van der Waals surface area contributed by atoms with Gasteiger partial charge in [0.1, 0.15) is 5.82 Å². The van der Waals surface area contributed by atoms with Gasteiger partial charge in [0.25, 0.3) is 0 Å². The zero-order valence-electron chi connectivity index (χ0n) is 9.52. The summed E-state index contributed by atoms with van der Waals surface area (Å²) in [6.07, 6.45) is 4.12. The quantitative estimate of drug-likeness (QED) is 0.897. The predicted molar refractivity (Wildman–Crippen MR) is 68.2 cm³/mol. The van der Waals surface area contributed by atoms with E-state index in [-0.39, 0.29) is 5.82 Å². The highest BCUT2D eigenvalue weighted by atomic mass is 79.9. The van der Waals surface area contributed by atoms with Gasteiger partial charge in [0.05, 0.1) is 4.47 Å². The highest BCUT2D eigenvalue weighted by molar-refractivity contribution is 9.10. The molecule has 1 heterocycles. The second-order valence-corrected chi connectivity index (χ2v) is 5.26. The lowest BCUT2D eigenvalue weighted by atomic mass is 10.0. The van der Waals surface area contributed by atoms with Crippen molar-refractivity contribution in [3.8, 4) is 0 Å². The Balaban J connectivity index is 2.20. The van der Waals surface area contributed by atoms with E-state index in [9.17, 15) is 4.39 Å². The Morgan fingerprint density at radius 3 is 2.94 bits per heavy atom. The second kappa shape index (κ2) is 5.28. The molecule has 1 unspecified atom stereocenters. The number of benzene rings is 1. The number of nitrogens with one attached hydrogen (secondary N) is 1. The van der Waals surface area contributed by atoms with E-state index in [0.717, 1.165) is 31.4 Å². The average Bonchev–Trinajstić information content (AvgIpc) is 2.77. The average molecular weight is 286 g/mol. The number of halogens is 2. The summed E-state index contributed by atoms with van der Waals surface area (Å²) in [5.74, 6) is -0.0918. The Morgan fingerprint density at radius 2 is 2.31 bits per heavy atom. The van der Waals surface area contributed by atoms with E-state index in [0.29, 0.717) is 10.5 Å². The summed E-state index contributed by atoms with van der Waals surface area (Å²) in [5, 5.41) is 3.41. The van der Waals surface area contributed by atoms with Gasteiger partial charge >= 0.3 is 0 Å². The summed E-state index contributed by atoms with van der Waals surface area (Å²) < 4.78 is 14.5. The molecular formula is C13H17BrFN. The molecule has 1 aliphatic heterocycles. The Kier molecular flexibility index (Phi) is 3.98. The van der Waals surface area contributed by atoms with Crippen LogP contribution in [-0.2, 0) is 12.8 Å². The lowest BCUT2D eigenvalue weighted by Gasteiger charge is -2.13. The predicted octanol–water partition coefficient (Wildman–Crippen LogP) is 3.45. The van der Waals surface area contributed by atoms with E-state index in [1.165, 1.54) is 12.0 Å². The van der Waals surface area contributed by atoms with Crippen LogP contribution in [0.5, 0.6) is 0 Å². The molecule has 1 atom stereocenters. The largest absolute Gasteiger partial charge is 0.314 e. The van der Waals surface area contributed by atoms with Crippen LogP contribution in [0.4, 0.5) is 4.39 Å². The Morgan fingerprint density at radius 1 is 1.50 bits per heavy atom. The third kappa shape index (κ3) is 2.64. The molecule has 0 saturated carbocycles. The topological polar surface area (TPSA) is 12.0 Å². The number of rotatable bonds is 3. The number of hydrogen-bond donors (Lipinski definition) is 1. The smallest absolute Gasteiger partial charge is 0.140 e. The van der Waals surface area contributed by atoms with Crippen molar-refractivity contribution in [1.82, 2.24) is 5.32 Å². The summed E-state index contributed by atoms with van der Waals surface area (Å²) >= 11 is 3.29. The van der Waals surface area contributed by atoms with Crippen molar-refractivity contribution in [2.45, 2.75) is 38.6 Å². The first-order valence-corrected chi connectivity index (χ1v) is 6.70. The van der Waals surface area contributed by atoms with Gasteiger partial charge in [0, 0.05) is 6.04 Å². The van der Waals surface area contributed by atoms with Crippen molar-refractivity contribution >= 4 is 15.9 Å². The molecule has 1 N–H and O–H groups in total. The van der Waals surface area contributed by atoms with Gasteiger partial charge in [-0.25, -0.2) is 4.39 Å². The molecule has 1 aliphatic rings. The number of hydrogen-bond acceptors (Lipinski definition) is 1. The van der Waals surface area contributed by atoms with Gasteiger partial charge in [0.2, 0.25) is 0 Å². The third-order valence-electron chi connectivity index (χ3n) is 3.20. The van der Waals surface area contributed by atoms with E-state index >= 15 is 0 Å². The first kappa shape index (κ1) is 12.1. The Bertz CT molecular complexity index is 372. The molecule has 1 aromatic carbocycles. The van der Waals surface area contributed by atoms with Gasteiger partial charge in [-0.15, -0.1) is 0 Å². The summed E-state index contributed by atoms with van der Waals surface area (Å²) in [5.41, 5.74) is 2.03. The van der Waals surface area contributed by atoms with Crippen molar-refractivity contribution in [3.63, 3.8) is 0 Å². The fourth-order valence-corrected chi connectivity index (χ4v) is 2.81. The van der Waals surface area contributed by atoms with Crippen molar-refractivity contribution < 1.29 is 4.39 Å². The molecule has 2 rings (SSSR count). The van der Waals surface area contributed by atoms with Crippen LogP contribution in [0.2, 0.25) is 0 Å². The summed E-state index contributed by atoms with van der Waals surface area (Å²) in [6.45, 7) is 3.16. The molecule has 1 aromatic rings. The molecule has 1 nitrogen and oxygen atoms in total. The second-order valence-electron chi connectivity index (χ2n) is 4.40. The molecule has 0 aromatic heterocycles. The summed E-state index contributed by atoms with van der Waals surface area (Å²) in [6, 6.07) is 4.33. The van der Waals surface area contributed by atoms with Crippen LogP contribution in [-0.4, -0.2) is 12.6 Å². The molecule has 3 heteroatoms. The molecule has 88 valence electrons. The molecule has 0 bridgehead atoms. The minimum Gasteiger partial charge on any atom is -0.314 e. The maximum atomic E-state index is 13.9. The minimum absolute atomic E-state index is 0.0918. The maximum Gasteiger partial charge on any atom is 0.140 e. The first-order chi connectivity index (χ1) is 7.70. The normalized spacial score (nSPS) is 20.3. The van der Waals surface area contributed by atoms with Crippen LogP contribution >= 0.6 is 15.9 Å². The van der Waals surface area contributed by atoms with Gasteiger partial charge in [-0.2, -0.15) is 0 Å². The molecule has 1 saturated heterocycles. The Hall–Kier alpha value is -0.410. The van der Waals surface area contributed by atoms with Crippen molar-refractivity contribution in [2.75, 3.05) is 6.54 Å². The van der Waals surface area contributed by atoms with Gasteiger partial charge in [-0.05, 0) is 65.4 Å². The van der Waals surface area contributed by atoms with Gasteiger partial charge in [-0.1, -0.05) is 13.0 Å². The van der Waals surface area contributed by atoms with Crippen LogP contribution < -0.4 is 5.32 Å². The SMILES string of the molecule is CCc1cc(Br)c(F)c(CC2CCCN2)c1. The lowest BCUT2D eigenvalue weighted by molar-refractivity contribution is 0.556. The minimum atomic E-state index is -0.0918. The van der Waals surface area contributed by atoms with Gasteiger partial charge in [0.15, 0.2) is 0 Å². The first-order valence-electron chi connectivity index (χ1n) is 5.91. The van der Waals surface area contributed by atoms with Crippen LogP contribution in [0.25, 0.3) is 0 Å². The van der Waals surface area contributed by atoms with E-state index in [4.69, 9.17) is 0 Å². The molecule has 0 amide bonds. The third-order valence-corrected chi connectivity index (χ3v) is 3.78. The zero-order valence-corrected chi connectivity index (χ0v) is 11.1. The summed E-state index contributed by atoms with van der Waals surface area (Å²) in [7, 11) is 0. The molecule has 1 fully saturated rings. The van der Waals surface area contributed by atoms with E-state index in [1.54, 1.807) is 0 Å². The van der Waals surface area contributed by atoms with Crippen molar-refractivity contribution in [1.29, 1.82) is 0 Å². The highest BCUT2D eigenvalue weighted by Gasteiger charge is 2.17. The van der Waals surface area contributed by atoms with Crippen LogP contribution in [0, 0.1) is 5.82 Å². The molecule has 0 spiro atoms. The van der Waals surface area contributed by atoms with Gasteiger partial charge < -0.3 is 5.32 Å². The molecule has 0 aliphatic carbocycles. The standard InChI is InChI=1S/C13H17BrFN/c1-2-9-6-10(13(15)12(14)7-9)8-11-4-3-5-16-11/h6-7,11,16H,2-5,8H2,1H3. The number of aryl methyl sites for hydroxylation is 1. The van der Waals surface area contributed by atoms with E-state index in [2.05, 4.69) is 28.2 Å². The fraction of sp³-hybridized carbons (Fsp3) is 0.538. The van der Waals surface area contributed by atoms with Crippen LogP contribution in [0.1, 0.15) is 30.9 Å². The molecular weight excluding hydrogens is 269 g/mol. The Labute approximate surface area is 105 Å². The monoisotopic (exact) mass is 285 g/mol. The fourth-order valence-electron chi connectivity index (χ4n) is 2.26. The van der Waals surface area contributed by atoms with Crippen LogP contribution in [0.15, 0.2) is 16.6 Å². The molecule has 16 heavy (non-hydrogen) atoms. The molecule has 0 radical (unpaired) electrons. The van der Waals surface area contributed by atoms with Crippen molar-refractivity contribution in [2.24, 2.45) is 0 Å². The van der Waals surface area contributed by atoms with Gasteiger partial charge in [-0.3, -0.25) is 0 Å². The van der Waals surface area contributed by atoms with E-state index in [1.807, 2.05) is 12.1 Å². The summed E-state index contributed by atoms with van der Waals surface area (Å²) in [4.78, 5) is 0. The van der Waals surface area contributed by atoms with E-state index < -0.39 is 0 Å². The van der Waals surface area contributed by atoms with Crippen LogP contribution in [0.3, 0.4) is 0 Å². The lowest BCUT2D eigenvalue weighted by Crippen LogP contribution is -2.24.